The van der Waals surface area contributed by atoms with Crippen LogP contribution in [0.1, 0.15) is 73.6 Å². The average molecular weight is 497 g/mol. The van der Waals surface area contributed by atoms with E-state index in [4.69, 9.17) is 9.47 Å². The summed E-state index contributed by atoms with van der Waals surface area (Å²) in [5.74, 6) is -0.552. The minimum absolute atomic E-state index is 0.0336. The molecule has 0 amide bonds. The zero-order valence-electron chi connectivity index (χ0n) is 22.3. The van der Waals surface area contributed by atoms with Gasteiger partial charge in [-0.2, -0.15) is 0 Å². The normalized spacial score (nSPS) is 58.8. The zero-order chi connectivity index (χ0) is 25.7. The molecule has 0 aromatic rings. The van der Waals surface area contributed by atoms with Crippen LogP contribution >= 0.6 is 0 Å². The van der Waals surface area contributed by atoms with E-state index < -0.39 is 16.6 Å². The third-order valence-corrected chi connectivity index (χ3v) is 12.5. The second-order valence-electron chi connectivity index (χ2n) is 14.1. The highest BCUT2D eigenvalue weighted by molar-refractivity contribution is 5.76. The van der Waals surface area contributed by atoms with E-state index in [2.05, 4.69) is 19.9 Å². The Kier molecular flexibility index (Phi) is 4.34. The summed E-state index contributed by atoms with van der Waals surface area (Å²) in [6, 6.07) is 0. The number of ether oxygens (including phenoxy) is 2. The number of hydrogen-bond acceptors (Lipinski definition) is 6. The van der Waals surface area contributed by atoms with Crippen LogP contribution < -0.4 is 0 Å². The van der Waals surface area contributed by atoms with E-state index >= 15 is 0 Å². The fraction of sp³-hybridized carbons (Fsp3) is 0.800. The van der Waals surface area contributed by atoms with Crippen LogP contribution in [0.4, 0.5) is 0 Å². The van der Waals surface area contributed by atoms with Crippen LogP contribution in [-0.2, 0) is 19.1 Å². The monoisotopic (exact) mass is 496 g/mol. The number of allylic oxidation sites excluding steroid dienone is 1. The molecule has 2 heterocycles. The van der Waals surface area contributed by atoms with Gasteiger partial charge in [0.05, 0.1) is 23.0 Å². The number of carbonyl (C=O) groups excluding carboxylic acids is 2. The van der Waals surface area contributed by atoms with Crippen molar-refractivity contribution in [3.05, 3.63) is 22.8 Å². The molecule has 2 N–H and O–H groups in total. The van der Waals surface area contributed by atoms with E-state index in [-0.39, 0.29) is 71.0 Å². The molecule has 0 radical (unpaired) electrons. The molecule has 5 aliphatic carbocycles. The van der Waals surface area contributed by atoms with E-state index in [1.165, 1.54) is 5.57 Å². The Balaban J connectivity index is 1.48. The second kappa shape index (κ2) is 6.66. The van der Waals surface area contributed by atoms with Crippen molar-refractivity contribution in [3.63, 3.8) is 0 Å². The first-order chi connectivity index (χ1) is 16.8. The Morgan fingerprint density at radius 1 is 0.917 bits per heavy atom. The summed E-state index contributed by atoms with van der Waals surface area (Å²) < 4.78 is 12.3. The summed E-state index contributed by atoms with van der Waals surface area (Å²) in [5, 5.41) is 24.6. The van der Waals surface area contributed by atoms with Gasteiger partial charge in [-0.3, -0.25) is 9.59 Å². The van der Waals surface area contributed by atoms with Gasteiger partial charge in [-0.05, 0) is 81.3 Å². The summed E-state index contributed by atoms with van der Waals surface area (Å²) in [5.41, 5.74) is 0.417. The van der Waals surface area contributed by atoms with Crippen molar-refractivity contribution in [1.82, 2.24) is 0 Å². The Labute approximate surface area is 213 Å². The largest absolute Gasteiger partial charge is 0.461 e. The van der Waals surface area contributed by atoms with E-state index in [1.54, 1.807) is 0 Å². The molecule has 6 nitrogen and oxygen atoms in total. The lowest BCUT2D eigenvalue weighted by Crippen LogP contribution is -2.60. The molecule has 36 heavy (non-hydrogen) atoms. The molecule has 2 bridgehead atoms. The van der Waals surface area contributed by atoms with Gasteiger partial charge in [-0.15, -0.1) is 0 Å². The Morgan fingerprint density at radius 2 is 1.56 bits per heavy atom. The molecule has 0 aromatic heterocycles. The Hall–Kier alpha value is -1.66. The molecule has 7 aliphatic rings. The minimum Gasteiger partial charge on any atom is -0.461 e. The second-order valence-corrected chi connectivity index (χ2v) is 14.1. The average Bonchev–Trinajstić information content (AvgIpc) is 3.47. The molecule has 1 spiro atoms. The Bertz CT molecular complexity index is 1150. The molecule has 7 rings (SSSR count). The molecular formula is C30H40O6. The smallest absolute Gasteiger partial charge is 0.309 e. The van der Waals surface area contributed by atoms with Gasteiger partial charge in [0.25, 0.3) is 0 Å². The fourth-order valence-corrected chi connectivity index (χ4v) is 11.0. The highest BCUT2D eigenvalue weighted by Crippen LogP contribution is 2.81. The maximum absolute atomic E-state index is 12.8. The minimum atomic E-state index is -1.03. The summed E-state index contributed by atoms with van der Waals surface area (Å²) in [6.45, 7) is 12.3. The first kappa shape index (κ1) is 23.5. The number of rotatable bonds is 0. The van der Waals surface area contributed by atoms with Crippen molar-refractivity contribution in [2.75, 3.05) is 0 Å². The molecule has 6 heteroatoms. The lowest BCUT2D eigenvalue weighted by Gasteiger charge is -2.57. The van der Waals surface area contributed by atoms with Crippen molar-refractivity contribution >= 4 is 11.9 Å². The highest BCUT2D eigenvalue weighted by atomic mass is 16.6. The predicted molar refractivity (Wildman–Crippen MR) is 131 cm³/mol. The van der Waals surface area contributed by atoms with Gasteiger partial charge in [0.1, 0.15) is 12.2 Å². The van der Waals surface area contributed by atoms with E-state index in [0.717, 1.165) is 30.4 Å². The van der Waals surface area contributed by atoms with Crippen LogP contribution in [0, 0.1) is 52.3 Å². The van der Waals surface area contributed by atoms with Crippen molar-refractivity contribution < 1.29 is 29.3 Å². The molecular weight excluding hydrogens is 456 g/mol. The van der Waals surface area contributed by atoms with E-state index in [9.17, 15) is 19.8 Å². The van der Waals surface area contributed by atoms with Crippen molar-refractivity contribution in [2.24, 2.45) is 52.3 Å². The molecule has 2 aliphatic heterocycles. The number of fused-ring (bicyclic) bond motifs is 9. The third-order valence-electron chi connectivity index (χ3n) is 12.5. The SMILES string of the molecule is CC1=C[C@@H]2[C@@]3([C@H]4C[C@]2(C)C2=C4[C@@](C)(O)CC[C@H]4[C@H](C)C(=O)O[C@H]24)[C@@H]1[C@H]1OC(=O)[C@H](C)[C@@H]1CC[C@]3(C)O. The topological polar surface area (TPSA) is 93.1 Å². The standard InChI is InChI=1S/C30H40O6/c1-13-11-19-27(4)12-18(21-22(27)24-16(7-9-28(21,5)33)14(2)26(32)36-24)30(19)20(13)23-17(8-10-29(30,6)34)15(3)25(31)35-23/h11,14-20,23-24,33-34H,7-10,12H2,1-6H3/t14-,15+,16-,17-,18-,19-,20-,23-,24-,27-,28-,29-,30-/m0/s1. The molecule has 0 unspecified atom stereocenters. The summed E-state index contributed by atoms with van der Waals surface area (Å²) in [4.78, 5) is 25.5. The molecule has 4 fully saturated rings. The third kappa shape index (κ3) is 2.35. The van der Waals surface area contributed by atoms with Crippen LogP contribution in [0.3, 0.4) is 0 Å². The first-order valence-electron chi connectivity index (χ1n) is 14.1. The number of esters is 2. The van der Waals surface area contributed by atoms with Gasteiger partial charge in [0, 0.05) is 23.2 Å². The predicted octanol–water partition coefficient (Wildman–Crippen LogP) is 3.95. The first-order valence-corrected chi connectivity index (χ1v) is 14.1. The Morgan fingerprint density at radius 3 is 2.28 bits per heavy atom. The number of aliphatic hydroxyl groups is 2. The van der Waals surface area contributed by atoms with Crippen LogP contribution in [0.25, 0.3) is 0 Å². The molecule has 0 aromatic carbocycles. The molecule has 2 saturated heterocycles. The van der Waals surface area contributed by atoms with Crippen LogP contribution in [0.5, 0.6) is 0 Å². The summed E-state index contributed by atoms with van der Waals surface area (Å²) in [6.07, 6.45) is 5.33. The lowest BCUT2D eigenvalue weighted by molar-refractivity contribution is -0.164. The zero-order valence-corrected chi connectivity index (χ0v) is 22.3. The number of hydrogen-bond donors (Lipinski definition) is 2. The fourth-order valence-electron chi connectivity index (χ4n) is 11.0. The van der Waals surface area contributed by atoms with E-state index in [1.807, 2.05) is 27.7 Å². The van der Waals surface area contributed by atoms with Crippen LogP contribution in [0.2, 0.25) is 0 Å². The highest BCUT2D eigenvalue weighted by Gasteiger charge is 2.80. The lowest BCUT2D eigenvalue weighted by atomic mass is 9.49. The maximum atomic E-state index is 12.8. The van der Waals surface area contributed by atoms with Crippen LogP contribution in [-0.4, -0.2) is 45.6 Å². The summed E-state index contributed by atoms with van der Waals surface area (Å²) in [7, 11) is 0. The van der Waals surface area contributed by atoms with Gasteiger partial charge >= 0.3 is 11.9 Å². The van der Waals surface area contributed by atoms with Gasteiger partial charge in [0.15, 0.2) is 0 Å². The van der Waals surface area contributed by atoms with Gasteiger partial charge in [0.2, 0.25) is 0 Å². The van der Waals surface area contributed by atoms with Gasteiger partial charge in [-0.1, -0.05) is 32.4 Å². The molecule has 2 saturated carbocycles. The van der Waals surface area contributed by atoms with Crippen molar-refractivity contribution in [2.45, 2.75) is 97.1 Å². The van der Waals surface area contributed by atoms with E-state index in [0.29, 0.717) is 12.8 Å². The van der Waals surface area contributed by atoms with Crippen LogP contribution in [0.15, 0.2) is 22.8 Å². The molecule has 13 atom stereocenters. The summed E-state index contributed by atoms with van der Waals surface area (Å²) >= 11 is 0. The maximum Gasteiger partial charge on any atom is 0.309 e. The van der Waals surface area contributed by atoms with Gasteiger partial charge < -0.3 is 19.7 Å². The molecule has 196 valence electrons. The van der Waals surface area contributed by atoms with Gasteiger partial charge in [-0.25, -0.2) is 0 Å². The van der Waals surface area contributed by atoms with Crippen molar-refractivity contribution in [1.29, 1.82) is 0 Å². The van der Waals surface area contributed by atoms with Crippen molar-refractivity contribution in [3.8, 4) is 0 Å². The number of carbonyl (C=O) groups is 2. The quantitative estimate of drug-likeness (QED) is 0.390.